The van der Waals surface area contributed by atoms with E-state index >= 15 is 0 Å². The third-order valence-corrected chi connectivity index (χ3v) is 7.27. The zero-order chi connectivity index (χ0) is 26.9. The maximum atomic E-state index is 12.6. The van der Waals surface area contributed by atoms with Crippen LogP contribution in [-0.2, 0) is 19.2 Å². The summed E-state index contributed by atoms with van der Waals surface area (Å²) in [5.74, 6) is -0.631. The summed E-state index contributed by atoms with van der Waals surface area (Å²) in [6.07, 6.45) is 21.0. The van der Waals surface area contributed by atoms with Gasteiger partial charge in [0.15, 0.2) is 0 Å². The van der Waals surface area contributed by atoms with Gasteiger partial charge in [-0.2, -0.15) is 0 Å². The summed E-state index contributed by atoms with van der Waals surface area (Å²) in [5, 5.41) is 3.31. The van der Waals surface area contributed by atoms with E-state index < -0.39 is 0 Å². The Balaban J connectivity index is 1.56. The highest BCUT2D eigenvalue weighted by atomic mass is 16.2. The van der Waals surface area contributed by atoms with E-state index in [1.54, 1.807) is 0 Å². The zero-order valence-corrected chi connectivity index (χ0v) is 23.2. The number of nitrogens with zero attached hydrogens (tertiary/aromatic N) is 2. The molecule has 7 heteroatoms. The van der Waals surface area contributed by atoms with Crippen LogP contribution in [-0.4, -0.2) is 59.6 Å². The lowest BCUT2D eigenvalue weighted by atomic mass is 10.0. The Labute approximate surface area is 224 Å². The second kappa shape index (κ2) is 18.1. The quantitative estimate of drug-likeness (QED) is 0.137. The highest BCUT2D eigenvalue weighted by Crippen LogP contribution is 2.24. The number of nitrogens with one attached hydrogen (secondary N) is 1. The second-order valence-electron chi connectivity index (χ2n) is 10.4. The number of rotatable bonds is 20. The number of likely N-dealkylation sites (tertiary alicyclic amines) is 2. The fourth-order valence-electron chi connectivity index (χ4n) is 4.97. The molecule has 37 heavy (non-hydrogen) atoms. The predicted molar refractivity (Wildman–Crippen MR) is 148 cm³/mol. The van der Waals surface area contributed by atoms with Gasteiger partial charge in [-0.1, -0.05) is 63.8 Å². The minimum Gasteiger partial charge on any atom is -0.317 e. The van der Waals surface area contributed by atoms with E-state index in [0.29, 0.717) is 64.7 Å². The molecule has 2 aliphatic rings. The van der Waals surface area contributed by atoms with Crippen molar-refractivity contribution in [2.24, 2.45) is 11.8 Å². The molecule has 2 heterocycles. The van der Waals surface area contributed by atoms with Gasteiger partial charge in [0.05, 0.1) is 11.8 Å². The first-order valence-corrected chi connectivity index (χ1v) is 14.7. The molecule has 2 saturated heterocycles. The monoisotopic (exact) mass is 515 g/mol. The van der Waals surface area contributed by atoms with Crippen LogP contribution in [0.3, 0.4) is 0 Å². The highest BCUT2D eigenvalue weighted by Gasteiger charge is 2.38. The summed E-state index contributed by atoms with van der Waals surface area (Å²) in [4.78, 5) is 52.6. The Morgan fingerprint density at radius 2 is 1.08 bits per heavy atom. The molecule has 7 nitrogen and oxygen atoms in total. The minimum atomic E-state index is -0.209. The summed E-state index contributed by atoms with van der Waals surface area (Å²) in [6, 6.07) is 0. The van der Waals surface area contributed by atoms with Crippen molar-refractivity contribution in [2.45, 2.75) is 104 Å². The Bertz CT molecular complexity index is 728. The fourth-order valence-corrected chi connectivity index (χ4v) is 4.97. The molecular weight excluding hydrogens is 466 g/mol. The third-order valence-electron chi connectivity index (χ3n) is 7.27. The Hall–Kier alpha value is -2.28. The van der Waals surface area contributed by atoms with Crippen LogP contribution in [0.2, 0.25) is 0 Å². The van der Waals surface area contributed by atoms with Gasteiger partial charge in [-0.05, 0) is 64.5 Å². The molecule has 1 N–H and O–H groups in total. The van der Waals surface area contributed by atoms with Crippen LogP contribution in [0.4, 0.5) is 0 Å². The van der Waals surface area contributed by atoms with E-state index in [2.05, 4.69) is 43.5 Å². The van der Waals surface area contributed by atoms with Crippen LogP contribution in [0.1, 0.15) is 104 Å². The van der Waals surface area contributed by atoms with Gasteiger partial charge < -0.3 is 5.32 Å². The van der Waals surface area contributed by atoms with Crippen molar-refractivity contribution in [3.63, 3.8) is 0 Å². The number of amides is 4. The highest BCUT2D eigenvalue weighted by molar-refractivity contribution is 6.04. The van der Waals surface area contributed by atoms with Crippen LogP contribution in [0.25, 0.3) is 0 Å². The smallest absolute Gasteiger partial charge is 0.233 e. The molecule has 2 fully saturated rings. The molecule has 0 aliphatic carbocycles. The number of hydrogen-bond acceptors (Lipinski definition) is 5. The number of unbranched alkanes of at least 4 members (excludes halogenated alkanes) is 6. The molecule has 4 amide bonds. The van der Waals surface area contributed by atoms with E-state index in [9.17, 15) is 19.2 Å². The van der Waals surface area contributed by atoms with Gasteiger partial charge in [-0.15, -0.1) is 0 Å². The molecule has 0 aromatic rings. The molecular formula is C30H49N3O4. The topological polar surface area (TPSA) is 86.8 Å². The summed E-state index contributed by atoms with van der Waals surface area (Å²) >= 11 is 0. The van der Waals surface area contributed by atoms with Gasteiger partial charge in [0.2, 0.25) is 23.6 Å². The van der Waals surface area contributed by atoms with E-state index in [1.807, 2.05) is 0 Å². The lowest BCUT2D eigenvalue weighted by Crippen LogP contribution is -2.34. The van der Waals surface area contributed by atoms with E-state index in [-0.39, 0.29) is 35.5 Å². The van der Waals surface area contributed by atoms with Crippen LogP contribution in [0.15, 0.2) is 24.3 Å². The molecule has 2 atom stereocenters. The normalized spacial score (nSPS) is 20.6. The van der Waals surface area contributed by atoms with Crippen molar-refractivity contribution >= 4 is 23.6 Å². The third kappa shape index (κ3) is 10.9. The molecule has 2 unspecified atom stereocenters. The van der Waals surface area contributed by atoms with Gasteiger partial charge in [0.1, 0.15) is 0 Å². The zero-order valence-electron chi connectivity index (χ0n) is 23.2. The number of imide groups is 2. The molecule has 0 saturated carbocycles. The second-order valence-corrected chi connectivity index (χ2v) is 10.4. The van der Waals surface area contributed by atoms with Crippen molar-refractivity contribution in [1.82, 2.24) is 15.1 Å². The van der Waals surface area contributed by atoms with Gasteiger partial charge in [-0.3, -0.25) is 29.0 Å². The van der Waals surface area contributed by atoms with Gasteiger partial charge in [-0.25, -0.2) is 0 Å². The van der Waals surface area contributed by atoms with Crippen molar-refractivity contribution < 1.29 is 19.2 Å². The summed E-state index contributed by atoms with van der Waals surface area (Å²) in [6.45, 7) is 6.62. The first kappa shape index (κ1) is 30.9. The molecule has 2 rings (SSSR count). The SMILES string of the molecule is CCCCC/C=C/CC1CC(=O)N(CCCNCCCN2C(=O)CC(C/C=C/CCCCC)C2=O)C1=O. The van der Waals surface area contributed by atoms with Crippen molar-refractivity contribution in [2.75, 3.05) is 26.2 Å². The fraction of sp³-hybridized carbons (Fsp3) is 0.733. The summed E-state index contributed by atoms with van der Waals surface area (Å²) in [7, 11) is 0. The lowest BCUT2D eigenvalue weighted by molar-refractivity contribution is -0.140. The van der Waals surface area contributed by atoms with E-state index in [1.165, 1.54) is 48.3 Å². The Kier molecular flexibility index (Phi) is 15.1. The molecule has 0 aromatic heterocycles. The average Bonchev–Trinajstić information content (AvgIpc) is 3.31. The molecule has 0 spiro atoms. The van der Waals surface area contributed by atoms with Crippen molar-refractivity contribution in [3.05, 3.63) is 24.3 Å². The van der Waals surface area contributed by atoms with E-state index in [0.717, 1.165) is 12.8 Å². The standard InChI is InChI=1S/C30H49N3O4/c1-3-5-7-9-11-13-17-25-23-27(34)32(29(25)36)21-15-19-31-20-16-22-33-28(35)24-26(30(33)37)18-14-12-10-8-6-4-2/h11-14,25-26,31H,3-10,15-24H2,1-2H3/b13-11+,14-12+. The van der Waals surface area contributed by atoms with E-state index in [4.69, 9.17) is 0 Å². The minimum absolute atomic E-state index is 0.0420. The molecule has 0 bridgehead atoms. The molecule has 208 valence electrons. The van der Waals surface area contributed by atoms with Crippen LogP contribution in [0, 0.1) is 11.8 Å². The first-order chi connectivity index (χ1) is 18.0. The maximum Gasteiger partial charge on any atom is 0.233 e. The van der Waals surface area contributed by atoms with Crippen LogP contribution < -0.4 is 5.32 Å². The van der Waals surface area contributed by atoms with Crippen LogP contribution >= 0.6 is 0 Å². The van der Waals surface area contributed by atoms with Gasteiger partial charge >= 0.3 is 0 Å². The number of carbonyl (C=O) groups excluding carboxylic acids is 4. The molecule has 2 aliphatic heterocycles. The van der Waals surface area contributed by atoms with Crippen molar-refractivity contribution in [3.8, 4) is 0 Å². The average molecular weight is 516 g/mol. The number of hydrogen-bond donors (Lipinski definition) is 1. The number of allylic oxidation sites excluding steroid dienone is 4. The molecule has 0 aromatic carbocycles. The first-order valence-electron chi connectivity index (χ1n) is 14.7. The Morgan fingerprint density at radius 3 is 1.49 bits per heavy atom. The molecule has 0 radical (unpaired) electrons. The largest absolute Gasteiger partial charge is 0.317 e. The predicted octanol–water partition coefficient (Wildman–Crippen LogP) is 5.16. The van der Waals surface area contributed by atoms with Crippen molar-refractivity contribution in [1.29, 1.82) is 0 Å². The van der Waals surface area contributed by atoms with Crippen LogP contribution in [0.5, 0.6) is 0 Å². The maximum absolute atomic E-state index is 12.6. The lowest BCUT2D eigenvalue weighted by Gasteiger charge is -2.16. The summed E-state index contributed by atoms with van der Waals surface area (Å²) in [5.41, 5.74) is 0. The van der Waals surface area contributed by atoms with Gasteiger partial charge in [0.25, 0.3) is 0 Å². The number of carbonyl (C=O) groups is 4. The van der Waals surface area contributed by atoms with Gasteiger partial charge in [0, 0.05) is 25.9 Å². The summed E-state index contributed by atoms with van der Waals surface area (Å²) < 4.78 is 0. The Morgan fingerprint density at radius 1 is 0.649 bits per heavy atom.